The van der Waals surface area contributed by atoms with E-state index in [2.05, 4.69) is 58.6 Å². The van der Waals surface area contributed by atoms with E-state index in [1.54, 1.807) is 0 Å². The van der Waals surface area contributed by atoms with Crippen LogP contribution in [0, 0.1) is 32.1 Å². The lowest BCUT2D eigenvalue weighted by Crippen LogP contribution is -1.98. The minimum absolute atomic E-state index is 0.677. The van der Waals surface area contributed by atoms with Crippen LogP contribution >= 0.6 is 15.9 Å². The van der Waals surface area contributed by atoms with Gasteiger partial charge in [0.15, 0.2) is 0 Å². The van der Waals surface area contributed by atoms with Gasteiger partial charge in [0.25, 0.3) is 0 Å². The van der Waals surface area contributed by atoms with E-state index < -0.39 is 0 Å². The van der Waals surface area contributed by atoms with Gasteiger partial charge in [-0.15, -0.1) is 0 Å². The Morgan fingerprint density at radius 1 is 1.00 bits per heavy atom. The van der Waals surface area contributed by atoms with Gasteiger partial charge in [-0.25, -0.2) is 0 Å². The van der Waals surface area contributed by atoms with E-state index in [1.165, 1.54) is 5.56 Å². The summed E-state index contributed by atoms with van der Waals surface area (Å²) >= 11 is 3.48. The zero-order valence-corrected chi connectivity index (χ0v) is 16.1. The quantitative estimate of drug-likeness (QED) is 0.487. The van der Waals surface area contributed by atoms with Gasteiger partial charge < -0.3 is 4.57 Å². The molecule has 0 radical (unpaired) electrons. The summed E-state index contributed by atoms with van der Waals surface area (Å²) < 4.78 is 3.27. The van der Waals surface area contributed by atoms with Crippen LogP contribution in [0.2, 0.25) is 0 Å². The van der Waals surface area contributed by atoms with Gasteiger partial charge in [-0.05, 0) is 68.3 Å². The third-order valence-electron chi connectivity index (χ3n) is 4.34. The molecule has 124 valence electrons. The molecule has 0 saturated heterocycles. The van der Waals surface area contributed by atoms with Crippen molar-refractivity contribution in [2.75, 3.05) is 0 Å². The average Bonchev–Trinajstić information content (AvgIpc) is 2.88. The SMILES string of the molecule is Cc1ccc(/C(C#N)=C/c2cc(C)n(-c3ccc(Br)cc3)c2C)cc1. The Hall–Kier alpha value is -2.57. The molecule has 0 N–H and O–H groups in total. The zero-order chi connectivity index (χ0) is 18.0. The molecule has 3 aromatic rings. The smallest absolute Gasteiger partial charge is 0.0998 e. The van der Waals surface area contributed by atoms with E-state index in [-0.39, 0.29) is 0 Å². The highest BCUT2D eigenvalue weighted by Gasteiger charge is 2.11. The molecule has 2 aromatic carbocycles. The predicted octanol–water partition coefficient (Wildman–Crippen LogP) is 6.23. The molecule has 1 heterocycles. The van der Waals surface area contributed by atoms with Gasteiger partial charge in [-0.1, -0.05) is 45.8 Å². The molecule has 3 heteroatoms. The van der Waals surface area contributed by atoms with Crippen LogP contribution in [0.15, 0.2) is 59.1 Å². The van der Waals surface area contributed by atoms with Gasteiger partial charge in [-0.2, -0.15) is 5.26 Å². The topological polar surface area (TPSA) is 28.7 Å². The molecule has 0 aliphatic rings. The van der Waals surface area contributed by atoms with Crippen LogP contribution in [-0.2, 0) is 0 Å². The van der Waals surface area contributed by atoms with Crippen molar-refractivity contribution in [1.29, 1.82) is 5.26 Å². The van der Waals surface area contributed by atoms with Crippen molar-refractivity contribution in [2.24, 2.45) is 0 Å². The molecule has 0 saturated carbocycles. The number of hydrogen-bond donors (Lipinski definition) is 0. The van der Waals surface area contributed by atoms with Crippen molar-refractivity contribution in [2.45, 2.75) is 20.8 Å². The molecule has 25 heavy (non-hydrogen) atoms. The number of aromatic nitrogens is 1. The van der Waals surface area contributed by atoms with Crippen molar-refractivity contribution in [3.8, 4) is 11.8 Å². The number of halogens is 1. The maximum Gasteiger partial charge on any atom is 0.0998 e. The predicted molar refractivity (Wildman–Crippen MR) is 108 cm³/mol. The number of allylic oxidation sites excluding steroid dienone is 1. The number of aryl methyl sites for hydroxylation is 2. The standard InChI is InChI=1S/C22H19BrN2/c1-15-4-6-18(7-5-15)20(14-24)13-19-12-16(2)25(17(19)3)22-10-8-21(23)9-11-22/h4-13H,1-3H3/b20-13+. The number of benzene rings is 2. The fourth-order valence-electron chi connectivity index (χ4n) is 2.99. The maximum absolute atomic E-state index is 9.59. The van der Waals surface area contributed by atoms with Crippen LogP contribution in [0.3, 0.4) is 0 Å². The lowest BCUT2D eigenvalue weighted by molar-refractivity contribution is 0.964. The molecule has 1 aromatic heterocycles. The lowest BCUT2D eigenvalue weighted by atomic mass is 10.0. The summed E-state index contributed by atoms with van der Waals surface area (Å²) in [4.78, 5) is 0. The van der Waals surface area contributed by atoms with Gasteiger partial charge in [0.1, 0.15) is 0 Å². The van der Waals surface area contributed by atoms with Crippen molar-refractivity contribution in [1.82, 2.24) is 4.57 Å². The van der Waals surface area contributed by atoms with Crippen LogP contribution in [0.1, 0.15) is 28.1 Å². The number of nitrogens with zero attached hydrogens (tertiary/aromatic N) is 2. The molecular weight excluding hydrogens is 372 g/mol. The monoisotopic (exact) mass is 390 g/mol. The van der Waals surface area contributed by atoms with Gasteiger partial charge in [0.05, 0.1) is 11.6 Å². The zero-order valence-electron chi connectivity index (χ0n) is 14.5. The first-order chi connectivity index (χ1) is 12.0. The first kappa shape index (κ1) is 17.3. The second-order valence-corrected chi connectivity index (χ2v) is 7.09. The van der Waals surface area contributed by atoms with E-state index >= 15 is 0 Å². The minimum atomic E-state index is 0.677. The molecule has 0 aliphatic carbocycles. The molecule has 0 unspecified atom stereocenters. The summed E-state index contributed by atoms with van der Waals surface area (Å²) in [5.41, 5.74) is 7.27. The third kappa shape index (κ3) is 3.60. The van der Waals surface area contributed by atoms with Crippen LogP contribution < -0.4 is 0 Å². The summed E-state index contributed by atoms with van der Waals surface area (Å²) in [7, 11) is 0. The molecule has 3 rings (SSSR count). The molecule has 0 bridgehead atoms. The van der Waals surface area contributed by atoms with E-state index in [4.69, 9.17) is 0 Å². The first-order valence-corrected chi connectivity index (χ1v) is 8.92. The second-order valence-electron chi connectivity index (χ2n) is 6.17. The van der Waals surface area contributed by atoms with Gasteiger partial charge >= 0.3 is 0 Å². The fourth-order valence-corrected chi connectivity index (χ4v) is 3.25. The van der Waals surface area contributed by atoms with Crippen molar-refractivity contribution >= 4 is 27.6 Å². The van der Waals surface area contributed by atoms with E-state index in [0.29, 0.717) is 5.57 Å². The Labute approximate surface area is 157 Å². The average molecular weight is 391 g/mol. The summed E-state index contributed by atoms with van der Waals surface area (Å²) in [5.74, 6) is 0. The molecule has 0 spiro atoms. The molecule has 0 amide bonds. The molecule has 0 atom stereocenters. The van der Waals surface area contributed by atoms with Gasteiger partial charge in [0.2, 0.25) is 0 Å². The molecule has 0 fully saturated rings. The fraction of sp³-hybridized carbons (Fsp3) is 0.136. The van der Waals surface area contributed by atoms with Gasteiger partial charge in [-0.3, -0.25) is 0 Å². The second kappa shape index (κ2) is 7.13. The van der Waals surface area contributed by atoms with Crippen LogP contribution in [0.4, 0.5) is 0 Å². The Balaban J connectivity index is 2.06. The van der Waals surface area contributed by atoms with Crippen molar-refractivity contribution in [3.05, 3.63) is 87.1 Å². The Morgan fingerprint density at radius 2 is 1.64 bits per heavy atom. The number of nitriles is 1. The normalized spacial score (nSPS) is 11.4. The highest BCUT2D eigenvalue weighted by molar-refractivity contribution is 9.10. The third-order valence-corrected chi connectivity index (χ3v) is 4.87. The molecular formula is C22H19BrN2. The maximum atomic E-state index is 9.59. The summed E-state index contributed by atoms with van der Waals surface area (Å²) in [5, 5.41) is 9.59. The van der Waals surface area contributed by atoms with Crippen molar-refractivity contribution in [3.63, 3.8) is 0 Å². The van der Waals surface area contributed by atoms with Crippen LogP contribution in [0.5, 0.6) is 0 Å². The first-order valence-electron chi connectivity index (χ1n) is 8.13. The minimum Gasteiger partial charge on any atom is -0.318 e. The van der Waals surface area contributed by atoms with E-state index in [0.717, 1.165) is 32.7 Å². The van der Waals surface area contributed by atoms with E-state index in [9.17, 15) is 5.26 Å². The Bertz CT molecular complexity index is 969. The van der Waals surface area contributed by atoms with Crippen LogP contribution in [0.25, 0.3) is 17.3 Å². The number of rotatable bonds is 3. The molecule has 2 nitrogen and oxygen atoms in total. The van der Waals surface area contributed by atoms with Gasteiger partial charge in [0, 0.05) is 21.5 Å². The summed E-state index contributed by atoms with van der Waals surface area (Å²) in [6, 6.07) is 20.8. The Morgan fingerprint density at radius 3 is 2.24 bits per heavy atom. The highest BCUT2D eigenvalue weighted by atomic mass is 79.9. The summed E-state index contributed by atoms with van der Waals surface area (Å²) in [6.07, 6.45) is 1.97. The number of hydrogen-bond acceptors (Lipinski definition) is 1. The lowest BCUT2D eigenvalue weighted by Gasteiger charge is -2.09. The highest BCUT2D eigenvalue weighted by Crippen LogP contribution is 2.26. The Kier molecular flexibility index (Phi) is 4.92. The molecule has 0 aliphatic heterocycles. The largest absolute Gasteiger partial charge is 0.318 e. The van der Waals surface area contributed by atoms with E-state index in [1.807, 2.05) is 49.4 Å². The van der Waals surface area contributed by atoms with Crippen LogP contribution in [-0.4, -0.2) is 4.57 Å². The van der Waals surface area contributed by atoms with Crippen molar-refractivity contribution < 1.29 is 0 Å². The summed E-state index contributed by atoms with van der Waals surface area (Å²) in [6.45, 7) is 6.22.